The van der Waals surface area contributed by atoms with Crippen LogP contribution in [0.4, 0.5) is 10.5 Å². The maximum absolute atomic E-state index is 11.6. The van der Waals surface area contributed by atoms with E-state index in [2.05, 4.69) is 16.0 Å². The Morgan fingerprint density at radius 3 is 2.74 bits per heavy atom. The number of rotatable bonds is 4. The van der Waals surface area contributed by atoms with Crippen molar-refractivity contribution in [3.8, 4) is 0 Å². The number of urea groups is 1. The molecule has 2 N–H and O–H groups in total. The number of hydrogen-bond donors (Lipinski definition) is 2. The maximum atomic E-state index is 11.6. The van der Waals surface area contributed by atoms with Gasteiger partial charge >= 0.3 is 6.03 Å². The molecule has 0 unspecified atom stereocenters. The summed E-state index contributed by atoms with van der Waals surface area (Å²) < 4.78 is 0. The monoisotopic (exact) mass is 314 g/mol. The number of thiophene rings is 1. The van der Waals surface area contributed by atoms with Crippen molar-refractivity contribution in [1.29, 1.82) is 0 Å². The van der Waals surface area contributed by atoms with Crippen molar-refractivity contribution in [1.82, 2.24) is 5.32 Å². The first-order valence-electron chi connectivity index (χ1n) is 5.66. The molecule has 0 fully saturated rings. The molecule has 0 bridgehead atoms. The van der Waals surface area contributed by atoms with Crippen molar-refractivity contribution in [3.63, 3.8) is 0 Å². The molecule has 2 rings (SSSR count). The van der Waals surface area contributed by atoms with Crippen molar-refractivity contribution in [2.24, 2.45) is 0 Å². The maximum Gasteiger partial charge on any atom is 0.319 e. The minimum absolute atomic E-state index is 0.256. The third kappa shape index (κ3) is 4.42. The van der Waals surface area contributed by atoms with Gasteiger partial charge in [-0.3, -0.25) is 0 Å². The molecule has 0 saturated carbocycles. The highest BCUT2D eigenvalue weighted by molar-refractivity contribution is 7.07. The zero-order chi connectivity index (χ0) is 13.7. The number of hydrogen-bond acceptors (Lipinski definition) is 2. The quantitative estimate of drug-likeness (QED) is 0.861. The Morgan fingerprint density at radius 1 is 1.21 bits per heavy atom. The molecule has 0 spiro atoms. The fourth-order valence-electron chi connectivity index (χ4n) is 1.50. The highest BCUT2D eigenvalue weighted by Gasteiger charge is 2.04. The number of carbonyl (C=O) groups excluding carboxylic acids is 1. The van der Waals surface area contributed by atoms with Gasteiger partial charge in [0.2, 0.25) is 0 Å². The third-order valence-electron chi connectivity index (χ3n) is 2.46. The molecular weight excluding hydrogens is 303 g/mol. The molecule has 19 heavy (non-hydrogen) atoms. The second-order valence-corrected chi connectivity index (χ2v) is 5.49. The van der Waals surface area contributed by atoms with Gasteiger partial charge in [0.05, 0.1) is 10.0 Å². The first-order valence-corrected chi connectivity index (χ1v) is 7.36. The Morgan fingerprint density at radius 2 is 2.05 bits per heavy atom. The highest BCUT2D eigenvalue weighted by atomic mass is 35.5. The summed E-state index contributed by atoms with van der Waals surface area (Å²) in [4.78, 5) is 11.6. The molecular formula is C13H12Cl2N2OS. The number of anilines is 1. The van der Waals surface area contributed by atoms with E-state index in [1.54, 1.807) is 29.5 Å². The number of carbonyl (C=O) groups is 1. The van der Waals surface area contributed by atoms with E-state index in [0.29, 0.717) is 22.3 Å². The number of amides is 2. The summed E-state index contributed by atoms with van der Waals surface area (Å²) in [7, 11) is 0. The van der Waals surface area contributed by atoms with Crippen LogP contribution < -0.4 is 10.6 Å². The lowest BCUT2D eigenvalue weighted by atomic mass is 10.2. The van der Waals surface area contributed by atoms with Gasteiger partial charge in [-0.15, -0.1) is 0 Å². The predicted molar refractivity (Wildman–Crippen MR) is 81.5 cm³/mol. The first kappa shape index (κ1) is 14.2. The third-order valence-corrected chi connectivity index (χ3v) is 3.93. The predicted octanol–water partition coefficient (Wildman–Crippen LogP) is 4.42. The Kier molecular flexibility index (Phi) is 5.07. The van der Waals surface area contributed by atoms with Crippen molar-refractivity contribution >= 4 is 46.3 Å². The normalized spacial score (nSPS) is 10.2. The summed E-state index contributed by atoms with van der Waals surface area (Å²) >= 11 is 13.3. The van der Waals surface area contributed by atoms with E-state index in [1.165, 1.54) is 5.56 Å². The van der Waals surface area contributed by atoms with E-state index in [4.69, 9.17) is 23.2 Å². The van der Waals surface area contributed by atoms with Crippen molar-refractivity contribution in [3.05, 3.63) is 50.6 Å². The Hall–Kier alpha value is -1.23. The fraction of sp³-hybridized carbons (Fsp3) is 0.154. The van der Waals surface area contributed by atoms with E-state index in [1.807, 2.05) is 11.4 Å². The second-order valence-electron chi connectivity index (χ2n) is 3.89. The number of benzene rings is 1. The van der Waals surface area contributed by atoms with Crippen LogP contribution in [0.15, 0.2) is 35.0 Å². The van der Waals surface area contributed by atoms with E-state index in [-0.39, 0.29) is 6.03 Å². The fourth-order valence-corrected chi connectivity index (χ4v) is 2.51. The van der Waals surface area contributed by atoms with Gasteiger partial charge in [0, 0.05) is 12.2 Å². The van der Waals surface area contributed by atoms with Gasteiger partial charge in [-0.2, -0.15) is 11.3 Å². The second kappa shape index (κ2) is 6.80. The summed E-state index contributed by atoms with van der Waals surface area (Å²) in [5, 5.41) is 10.4. The van der Waals surface area contributed by atoms with E-state index in [9.17, 15) is 4.79 Å². The first-order chi connectivity index (χ1) is 9.15. The van der Waals surface area contributed by atoms with Crippen LogP contribution in [-0.2, 0) is 6.42 Å². The average molecular weight is 315 g/mol. The smallest absolute Gasteiger partial charge is 0.319 e. The molecule has 6 heteroatoms. The van der Waals surface area contributed by atoms with Gasteiger partial charge < -0.3 is 10.6 Å². The molecule has 3 nitrogen and oxygen atoms in total. The molecule has 1 aromatic heterocycles. The minimum Gasteiger partial charge on any atom is -0.338 e. The van der Waals surface area contributed by atoms with Crippen molar-refractivity contribution < 1.29 is 4.79 Å². The summed E-state index contributed by atoms with van der Waals surface area (Å²) in [6, 6.07) is 6.75. The van der Waals surface area contributed by atoms with E-state index >= 15 is 0 Å². The molecule has 100 valence electrons. The van der Waals surface area contributed by atoms with E-state index in [0.717, 1.165) is 6.42 Å². The average Bonchev–Trinajstić information content (AvgIpc) is 2.87. The molecule has 0 atom stereocenters. The van der Waals surface area contributed by atoms with Gasteiger partial charge in [-0.05, 0) is 47.0 Å². The van der Waals surface area contributed by atoms with Crippen LogP contribution in [0.1, 0.15) is 5.56 Å². The Balaban J connectivity index is 1.79. The molecule has 0 aliphatic heterocycles. The summed E-state index contributed by atoms with van der Waals surface area (Å²) in [6.07, 6.45) is 0.818. The lowest BCUT2D eigenvalue weighted by molar-refractivity contribution is 0.252. The summed E-state index contributed by atoms with van der Waals surface area (Å²) in [6.45, 7) is 0.587. The molecule has 2 aromatic rings. The SMILES string of the molecule is O=C(NCCc1ccsc1)Nc1ccc(Cl)c(Cl)c1. The largest absolute Gasteiger partial charge is 0.338 e. The molecule has 0 radical (unpaired) electrons. The topological polar surface area (TPSA) is 41.1 Å². The summed E-state index contributed by atoms with van der Waals surface area (Å²) in [5.74, 6) is 0. The summed E-state index contributed by atoms with van der Waals surface area (Å²) in [5.41, 5.74) is 1.84. The van der Waals surface area contributed by atoms with Crippen LogP contribution >= 0.6 is 34.5 Å². The number of nitrogens with one attached hydrogen (secondary N) is 2. The highest BCUT2D eigenvalue weighted by Crippen LogP contribution is 2.24. The molecule has 1 heterocycles. The van der Waals surface area contributed by atoms with Gasteiger partial charge in [-0.25, -0.2) is 4.79 Å². The molecule has 0 aliphatic carbocycles. The van der Waals surface area contributed by atoms with Crippen LogP contribution in [0, 0.1) is 0 Å². The zero-order valence-electron chi connectivity index (χ0n) is 9.95. The molecule has 0 aliphatic rings. The van der Waals surface area contributed by atoms with E-state index < -0.39 is 0 Å². The zero-order valence-corrected chi connectivity index (χ0v) is 12.3. The van der Waals surface area contributed by atoms with Crippen LogP contribution in [0.3, 0.4) is 0 Å². The van der Waals surface area contributed by atoms with Crippen LogP contribution in [-0.4, -0.2) is 12.6 Å². The Bertz CT molecular complexity index is 558. The molecule has 2 amide bonds. The molecule has 0 saturated heterocycles. The van der Waals surface area contributed by atoms with Crippen LogP contribution in [0.25, 0.3) is 0 Å². The lowest BCUT2D eigenvalue weighted by Gasteiger charge is -2.08. The molecule has 1 aromatic carbocycles. The van der Waals surface area contributed by atoms with Crippen LogP contribution in [0.2, 0.25) is 10.0 Å². The van der Waals surface area contributed by atoms with Crippen molar-refractivity contribution in [2.45, 2.75) is 6.42 Å². The van der Waals surface area contributed by atoms with Gasteiger partial charge in [0.15, 0.2) is 0 Å². The number of halogens is 2. The van der Waals surface area contributed by atoms with Crippen LogP contribution in [0.5, 0.6) is 0 Å². The Labute approximate surface area is 125 Å². The van der Waals surface area contributed by atoms with Gasteiger partial charge in [0.1, 0.15) is 0 Å². The minimum atomic E-state index is -0.256. The lowest BCUT2D eigenvalue weighted by Crippen LogP contribution is -2.30. The standard InChI is InChI=1S/C13H12Cl2N2OS/c14-11-2-1-10(7-12(11)15)17-13(18)16-5-3-9-4-6-19-8-9/h1-2,4,6-8H,3,5H2,(H2,16,17,18). The van der Waals surface area contributed by atoms with Crippen molar-refractivity contribution in [2.75, 3.05) is 11.9 Å². The van der Waals surface area contributed by atoms with Gasteiger partial charge in [0.25, 0.3) is 0 Å². The van der Waals surface area contributed by atoms with Gasteiger partial charge in [-0.1, -0.05) is 23.2 Å².